The lowest BCUT2D eigenvalue weighted by atomic mass is 9.92. The van der Waals surface area contributed by atoms with Crippen molar-refractivity contribution in [1.29, 1.82) is 0 Å². The molecule has 4 aromatic rings. The van der Waals surface area contributed by atoms with E-state index in [4.69, 9.17) is 19.2 Å². The number of piperidine rings is 1. The molecule has 3 aliphatic rings. The molecule has 1 N–H and O–H groups in total. The molecular formula is C36H40FN3O5. The average molecular weight is 614 g/mol. The second-order valence-corrected chi connectivity index (χ2v) is 12.2. The lowest BCUT2D eigenvalue weighted by molar-refractivity contribution is -0.153. The molecule has 0 amide bonds. The van der Waals surface area contributed by atoms with Gasteiger partial charge in [-0.2, -0.15) is 0 Å². The molecule has 0 aliphatic carbocycles. The summed E-state index contributed by atoms with van der Waals surface area (Å²) >= 11 is 0. The van der Waals surface area contributed by atoms with Crippen LogP contribution >= 0.6 is 0 Å². The topological polar surface area (TPSA) is 85.5 Å². The van der Waals surface area contributed by atoms with Crippen LogP contribution in [0.2, 0.25) is 0 Å². The smallest absolute Gasteiger partial charge is 0.339 e. The van der Waals surface area contributed by atoms with Gasteiger partial charge >= 0.3 is 5.97 Å². The number of aliphatic hydroxyl groups is 1. The molecule has 9 heteroatoms. The van der Waals surface area contributed by atoms with E-state index in [2.05, 4.69) is 11.8 Å². The molecule has 0 spiro atoms. The third-order valence-electron chi connectivity index (χ3n) is 8.78. The molecule has 236 valence electrons. The number of imidazole rings is 1. The van der Waals surface area contributed by atoms with Crippen molar-refractivity contribution in [3.05, 3.63) is 84.0 Å². The average Bonchev–Trinajstić information content (AvgIpc) is 3.44. The summed E-state index contributed by atoms with van der Waals surface area (Å²) < 4.78 is 34.2. The zero-order valence-corrected chi connectivity index (χ0v) is 26.3. The number of esters is 1. The molecule has 0 saturated carbocycles. The summed E-state index contributed by atoms with van der Waals surface area (Å²) in [6.45, 7) is 9.68. The van der Waals surface area contributed by atoms with Crippen LogP contribution in [0.5, 0.6) is 5.75 Å². The van der Waals surface area contributed by atoms with Gasteiger partial charge in [0.1, 0.15) is 11.6 Å². The van der Waals surface area contributed by atoms with Gasteiger partial charge in [0.15, 0.2) is 11.8 Å². The molecule has 1 unspecified atom stereocenters. The molecule has 1 saturated heterocycles. The van der Waals surface area contributed by atoms with Crippen molar-refractivity contribution >= 4 is 17.3 Å². The third-order valence-corrected chi connectivity index (χ3v) is 8.78. The van der Waals surface area contributed by atoms with Crippen LogP contribution in [-0.4, -0.2) is 58.5 Å². The molecule has 6 bridgehead atoms. The summed E-state index contributed by atoms with van der Waals surface area (Å²) in [6.07, 6.45) is 8.45. The van der Waals surface area contributed by atoms with Gasteiger partial charge < -0.3 is 28.6 Å². The lowest BCUT2D eigenvalue weighted by Crippen LogP contribution is -2.45. The van der Waals surface area contributed by atoms with Crippen LogP contribution in [-0.2, 0) is 14.3 Å². The quantitative estimate of drug-likeness (QED) is 0.201. The van der Waals surface area contributed by atoms with Crippen LogP contribution in [0.1, 0.15) is 57.3 Å². The van der Waals surface area contributed by atoms with E-state index in [-0.39, 0.29) is 24.1 Å². The molecule has 2 aromatic heterocycles. The van der Waals surface area contributed by atoms with E-state index in [0.717, 1.165) is 46.5 Å². The number of ether oxygens (including phenoxy) is 3. The Balaban J connectivity index is 1.52. The van der Waals surface area contributed by atoms with Gasteiger partial charge in [0.25, 0.3) is 0 Å². The Labute approximate surface area is 263 Å². The molecule has 0 radical (unpaired) electrons. The van der Waals surface area contributed by atoms with Crippen LogP contribution in [0, 0.1) is 12.7 Å². The fraction of sp³-hybridized carbons (Fsp3) is 0.389. The van der Waals surface area contributed by atoms with Gasteiger partial charge in [-0.3, -0.25) is 0 Å². The highest BCUT2D eigenvalue weighted by Crippen LogP contribution is 2.40. The van der Waals surface area contributed by atoms with Crippen molar-refractivity contribution in [2.45, 2.75) is 64.8 Å². The molecule has 1 fully saturated rings. The van der Waals surface area contributed by atoms with E-state index < -0.39 is 12.1 Å². The molecule has 8 nitrogen and oxygen atoms in total. The largest absolute Gasteiger partial charge is 0.490 e. The van der Waals surface area contributed by atoms with Gasteiger partial charge in [-0.05, 0) is 69.9 Å². The van der Waals surface area contributed by atoms with Crippen LogP contribution in [0.25, 0.3) is 28.0 Å². The van der Waals surface area contributed by atoms with Gasteiger partial charge in [-0.1, -0.05) is 30.4 Å². The molecule has 2 atom stereocenters. The first kappa shape index (κ1) is 30.8. The lowest BCUT2D eigenvalue weighted by Gasteiger charge is -2.41. The van der Waals surface area contributed by atoms with Gasteiger partial charge in [-0.25, -0.2) is 14.2 Å². The number of fused-ring (bicyclic) bond motifs is 7. The number of hydrogen-bond acceptors (Lipinski definition) is 7. The fourth-order valence-electron chi connectivity index (χ4n) is 6.28. The summed E-state index contributed by atoms with van der Waals surface area (Å²) in [6, 6.07) is 12.5. The summed E-state index contributed by atoms with van der Waals surface area (Å²) in [5.41, 5.74) is 5.53. The number of halogens is 1. The minimum Gasteiger partial charge on any atom is -0.490 e. The highest BCUT2D eigenvalue weighted by atomic mass is 19.1. The number of nitrogens with zero attached hydrogens (tertiary/aromatic N) is 3. The van der Waals surface area contributed by atoms with Crippen molar-refractivity contribution in [2.24, 2.45) is 0 Å². The molecule has 45 heavy (non-hydrogen) atoms. The summed E-state index contributed by atoms with van der Waals surface area (Å²) in [7, 11) is 0. The third kappa shape index (κ3) is 6.32. The number of anilines is 1. The number of hydrogen-bond donors (Lipinski definition) is 1. The van der Waals surface area contributed by atoms with Crippen molar-refractivity contribution in [1.82, 2.24) is 9.38 Å². The van der Waals surface area contributed by atoms with Gasteiger partial charge in [0, 0.05) is 54.7 Å². The summed E-state index contributed by atoms with van der Waals surface area (Å²) in [4.78, 5) is 20.1. The number of benzene rings is 2. The van der Waals surface area contributed by atoms with Crippen LogP contribution in [0.3, 0.4) is 0 Å². The first-order valence-corrected chi connectivity index (χ1v) is 15.6. The number of carbonyl (C=O) groups excluding carboxylic acids is 1. The summed E-state index contributed by atoms with van der Waals surface area (Å²) in [5, 5.41) is 11.3. The molecule has 2 aromatic carbocycles. The predicted molar refractivity (Wildman–Crippen MR) is 172 cm³/mol. The van der Waals surface area contributed by atoms with E-state index in [9.17, 15) is 14.3 Å². The fourth-order valence-corrected chi connectivity index (χ4v) is 6.28. The molecule has 7 rings (SSSR count). The standard InChI is InChI=1S/C36H40FN3O5/c1-5-43-35(42)33(41)31-23(2)21-40-22-29-26-11-8-10-25(19-26)28-13-12-27(37)20-30(28)45-24(3)9-6-7-18-44-36(4)14-16-39(17-15-36)32(31)34(40)38-29/h6-8,10-13,19-22,24,33,41H,5,9,14-18H2,1-4H3/b7-6+/t24-,33?/m0/s1. The molecular weight excluding hydrogens is 573 g/mol. The highest BCUT2D eigenvalue weighted by Gasteiger charge is 2.35. The first-order valence-electron chi connectivity index (χ1n) is 15.6. The van der Waals surface area contributed by atoms with Gasteiger partial charge in [0.05, 0.1) is 36.3 Å². The maximum atomic E-state index is 14.4. The van der Waals surface area contributed by atoms with Crippen molar-refractivity contribution < 1.29 is 28.5 Å². The zero-order valence-electron chi connectivity index (χ0n) is 26.3. The number of rotatable bonds is 3. The number of aryl methyl sites for hydroxylation is 1. The van der Waals surface area contributed by atoms with E-state index in [1.807, 2.05) is 67.1 Å². The Morgan fingerprint density at radius 3 is 2.71 bits per heavy atom. The van der Waals surface area contributed by atoms with Gasteiger partial charge in [0.2, 0.25) is 0 Å². The zero-order chi connectivity index (χ0) is 31.7. The molecule has 3 aliphatic heterocycles. The minimum atomic E-state index is -1.45. The van der Waals surface area contributed by atoms with Gasteiger partial charge in [-0.15, -0.1) is 0 Å². The second kappa shape index (κ2) is 12.7. The van der Waals surface area contributed by atoms with E-state index >= 15 is 0 Å². The minimum absolute atomic E-state index is 0.171. The molecule has 5 heterocycles. The Bertz CT molecular complexity index is 1740. The Morgan fingerprint density at radius 2 is 1.93 bits per heavy atom. The van der Waals surface area contributed by atoms with Crippen molar-refractivity contribution in [3.8, 4) is 28.1 Å². The summed E-state index contributed by atoms with van der Waals surface area (Å²) in [5.74, 6) is -0.574. The van der Waals surface area contributed by atoms with E-state index in [1.165, 1.54) is 12.1 Å². The predicted octanol–water partition coefficient (Wildman–Crippen LogP) is 6.82. The van der Waals surface area contributed by atoms with Crippen LogP contribution < -0.4 is 9.64 Å². The number of pyridine rings is 1. The maximum absolute atomic E-state index is 14.4. The normalized spacial score (nSPS) is 21.6. The Kier molecular flexibility index (Phi) is 8.66. The Hall–Kier alpha value is -4.21. The van der Waals surface area contributed by atoms with E-state index in [0.29, 0.717) is 43.1 Å². The van der Waals surface area contributed by atoms with Crippen LogP contribution in [0.4, 0.5) is 10.1 Å². The van der Waals surface area contributed by atoms with E-state index in [1.54, 1.807) is 13.0 Å². The Morgan fingerprint density at radius 1 is 1.16 bits per heavy atom. The van der Waals surface area contributed by atoms with Crippen LogP contribution in [0.15, 0.2) is 67.0 Å². The first-order chi connectivity index (χ1) is 21.7. The number of aromatic nitrogens is 2. The monoisotopic (exact) mass is 613 g/mol. The highest BCUT2D eigenvalue weighted by molar-refractivity contribution is 5.86. The number of carbonyl (C=O) groups is 1. The number of aliphatic hydroxyl groups excluding tert-OH is 1. The maximum Gasteiger partial charge on any atom is 0.339 e. The second-order valence-electron chi connectivity index (χ2n) is 12.2. The van der Waals surface area contributed by atoms with Crippen molar-refractivity contribution in [3.63, 3.8) is 0 Å². The SMILES string of the molecule is CCOC(=O)C(O)c1c(C)cn2cc3nc2c1N1CCC(C)(CC1)OC/C=C/C[C@H](C)Oc1cc(F)ccc1-c1cccc-3c1. The van der Waals surface area contributed by atoms with Crippen molar-refractivity contribution in [2.75, 3.05) is 31.2 Å².